The van der Waals surface area contributed by atoms with Crippen LogP contribution in [-0.2, 0) is 9.59 Å². The number of allylic oxidation sites excluding steroid dienone is 6. The summed E-state index contributed by atoms with van der Waals surface area (Å²) in [6, 6.07) is 20.9. The smallest absolute Gasteiger partial charge is 0.150 e. The lowest BCUT2D eigenvalue weighted by molar-refractivity contribution is -0.255. The van der Waals surface area contributed by atoms with Crippen LogP contribution in [0.15, 0.2) is 108 Å². The molecule has 15 atom stereocenters. The van der Waals surface area contributed by atoms with Crippen molar-refractivity contribution in [1.82, 2.24) is 0 Å². The second kappa shape index (κ2) is 47.2. The van der Waals surface area contributed by atoms with Crippen LogP contribution >= 0.6 is 0 Å². The molecule has 3 aromatic carbocycles. The van der Waals surface area contributed by atoms with Gasteiger partial charge < -0.3 is 49.6 Å². The fraction of sp³-hybridized carbons (Fsp3) is 0.679. The summed E-state index contributed by atoms with van der Waals surface area (Å²) in [7, 11) is 4.76. The molecule has 3 aliphatic carbocycles. The van der Waals surface area contributed by atoms with E-state index >= 15 is 0 Å². The Bertz CT molecular complexity index is 2520. The van der Waals surface area contributed by atoms with E-state index in [0.29, 0.717) is 112 Å². The van der Waals surface area contributed by atoms with Gasteiger partial charge in [0, 0.05) is 24.3 Å². The van der Waals surface area contributed by atoms with E-state index in [9.17, 15) is 45.0 Å². The quantitative estimate of drug-likeness (QED) is 0.0312. The number of benzene rings is 3. The van der Waals surface area contributed by atoms with E-state index in [-0.39, 0.29) is 11.8 Å². The van der Waals surface area contributed by atoms with Crippen LogP contribution in [0.25, 0.3) is 0 Å². The molecular weight excluding hydrogens is 1200 g/mol. The maximum absolute atomic E-state index is 11.8. The van der Waals surface area contributed by atoms with Gasteiger partial charge in [-0.1, -0.05) is 155 Å². The van der Waals surface area contributed by atoms with Crippen LogP contribution in [-0.4, -0.2) is 93.7 Å². The zero-order chi connectivity index (χ0) is 72.9. The van der Waals surface area contributed by atoms with Gasteiger partial charge in [0.15, 0.2) is 0 Å². The zero-order valence-corrected chi connectivity index (χ0v) is 63.9. The average molecular weight is 1340 g/mol. The number of hydrogen-bond acceptors (Lipinski definition) is 12. The molecule has 0 spiro atoms. The number of aliphatic hydroxyl groups excluding tert-OH is 4. The minimum absolute atomic E-state index is 0.222. The lowest BCUT2D eigenvalue weighted by Gasteiger charge is -2.59. The van der Waals surface area contributed by atoms with Crippen LogP contribution in [0.1, 0.15) is 274 Å². The van der Waals surface area contributed by atoms with Crippen LogP contribution in [0, 0.1) is 71.0 Å². The lowest BCUT2D eigenvalue weighted by atomic mass is 9.52. The average Bonchev–Trinajstić information content (AvgIpc) is 0.728. The van der Waals surface area contributed by atoms with E-state index < -0.39 is 35.6 Å². The summed E-state index contributed by atoms with van der Waals surface area (Å²) in [5, 5.41) is 64.5. The third kappa shape index (κ3) is 33.3. The van der Waals surface area contributed by atoms with Crippen LogP contribution in [0.2, 0.25) is 0 Å². The minimum atomic E-state index is -0.991. The van der Waals surface area contributed by atoms with Crippen molar-refractivity contribution >= 4 is 18.4 Å². The summed E-state index contributed by atoms with van der Waals surface area (Å²) in [4.78, 5) is 31.7. The number of carbonyl (C=O) groups is 3. The predicted molar refractivity (Wildman–Crippen MR) is 399 cm³/mol. The monoisotopic (exact) mass is 1340 g/mol. The molecule has 3 aromatic rings. The molecule has 546 valence electrons. The molecule has 15 unspecified atom stereocenters. The Morgan fingerprint density at radius 2 is 0.812 bits per heavy atom. The van der Waals surface area contributed by atoms with Crippen molar-refractivity contribution in [3.8, 4) is 17.2 Å². The summed E-state index contributed by atoms with van der Waals surface area (Å²) < 4.78 is 15.0. The first-order chi connectivity index (χ1) is 45.1. The molecule has 0 bridgehead atoms. The molecule has 3 aliphatic rings. The van der Waals surface area contributed by atoms with E-state index in [1.807, 2.05) is 0 Å². The molecule has 12 nitrogen and oxygen atoms in total. The molecule has 0 aliphatic heterocycles. The molecule has 3 fully saturated rings. The van der Waals surface area contributed by atoms with Gasteiger partial charge >= 0.3 is 0 Å². The Hall–Kier alpha value is -4.95. The van der Waals surface area contributed by atoms with Crippen molar-refractivity contribution < 1.29 is 59.2 Å². The van der Waals surface area contributed by atoms with Gasteiger partial charge in [-0.3, -0.25) is 9.59 Å². The lowest BCUT2D eigenvalue weighted by Crippen LogP contribution is -2.67. The van der Waals surface area contributed by atoms with Gasteiger partial charge in [-0.05, 0) is 256 Å². The first-order valence-electron chi connectivity index (χ1n) is 36.5. The summed E-state index contributed by atoms with van der Waals surface area (Å²) >= 11 is 0. The maximum atomic E-state index is 11.8. The zero-order valence-electron chi connectivity index (χ0n) is 63.9. The molecule has 0 radical (unpaired) electrons. The largest absolute Gasteiger partial charge is 0.497 e. The Kier molecular flexibility index (Phi) is 43.8. The first-order valence-corrected chi connectivity index (χ1v) is 36.5. The summed E-state index contributed by atoms with van der Waals surface area (Å²) in [5.74, 6) is 7.98. The van der Waals surface area contributed by atoms with Crippen LogP contribution in [0.3, 0.4) is 0 Å². The molecule has 96 heavy (non-hydrogen) atoms. The predicted octanol–water partition coefficient (Wildman–Crippen LogP) is 19.5. The van der Waals surface area contributed by atoms with Crippen molar-refractivity contribution in [2.75, 3.05) is 21.3 Å². The molecule has 0 saturated heterocycles. The van der Waals surface area contributed by atoms with Crippen molar-refractivity contribution in [2.24, 2.45) is 71.0 Å². The highest BCUT2D eigenvalue weighted by atomic mass is 16.5. The Labute approximate surface area is 584 Å². The van der Waals surface area contributed by atoms with Crippen molar-refractivity contribution in [3.05, 3.63) is 124 Å². The number of carbonyl (C=O) groups excluding carboxylic acids is 3. The van der Waals surface area contributed by atoms with Gasteiger partial charge in [0.2, 0.25) is 0 Å². The van der Waals surface area contributed by atoms with Gasteiger partial charge in [-0.25, -0.2) is 0 Å². The van der Waals surface area contributed by atoms with E-state index in [0.717, 1.165) is 95.4 Å². The third-order valence-electron chi connectivity index (χ3n) is 19.9. The molecule has 12 heteroatoms. The molecule has 0 amide bonds. The van der Waals surface area contributed by atoms with E-state index in [1.54, 1.807) is 94.1 Å². The van der Waals surface area contributed by atoms with Crippen LogP contribution in [0.4, 0.5) is 0 Å². The fourth-order valence-electron chi connectivity index (χ4n) is 13.9. The number of methoxy groups -OCH3 is 3. The van der Waals surface area contributed by atoms with E-state index in [1.165, 1.54) is 36.0 Å². The third-order valence-corrected chi connectivity index (χ3v) is 19.9. The molecule has 0 heterocycles. The van der Waals surface area contributed by atoms with Gasteiger partial charge in [0.05, 0.1) is 44.7 Å². The number of aliphatic hydroxyl groups is 6. The number of Topliss-reactive ketones (excluding diaryl/α,β-unsaturated/α-hetero) is 1. The highest BCUT2D eigenvalue weighted by Gasteiger charge is 2.61. The van der Waals surface area contributed by atoms with Crippen molar-refractivity contribution in [1.29, 1.82) is 0 Å². The molecule has 3 saturated carbocycles. The second-order valence-electron chi connectivity index (χ2n) is 30.8. The normalized spacial score (nSPS) is 23.5. The van der Waals surface area contributed by atoms with Crippen molar-refractivity contribution in [2.45, 2.75) is 276 Å². The molecule has 0 aromatic heterocycles. The van der Waals surface area contributed by atoms with Gasteiger partial charge in [-0.2, -0.15) is 0 Å². The van der Waals surface area contributed by atoms with E-state index in [4.69, 9.17) is 14.2 Å². The second-order valence-corrected chi connectivity index (χ2v) is 30.8. The molecule has 6 rings (SSSR count). The topological polar surface area (TPSA) is 200 Å². The standard InChI is InChI=1S/2C20H38O2.C16H18O4.2C10H18O.C8H8O2/c1-13(2)17-9-7-15(5)11-19(17,21)20(22)12-16(6)8-10-18(20)14(3)4;1-15(2)9-7-11-17(5)13-19(21)20(22)14-18(6)12-8-10-16(3)4;1-19-13-7-3-11(4-8-13)15(17)16(18)12-5-9-14(20-2)10-6-12;1-7(2)9-5-4-8(3)6-10(9)11;1-9(2)5-4-6-10(3)7-8-11;1-10-8-4-2-7(6-9)3-5-8/h13-18,21-22H,7-12H2,1-6H3;9-10,17-22H,7-8,11-14H2,1-6H3;3-10,15-18H,1-2H3;7-9H,4-6H2,1-3H3;5,8,10H,4,6-7H2,1-3H3;2-6H,1H3. The number of ether oxygens (including phenoxy) is 3. The minimum Gasteiger partial charge on any atom is -0.497 e. The number of ketones is 1. The van der Waals surface area contributed by atoms with Crippen molar-refractivity contribution in [3.63, 3.8) is 0 Å². The van der Waals surface area contributed by atoms with Gasteiger partial charge in [-0.15, -0.1) is 0 Å². The SMILES string of the molecule is CC(C)=CCCC(C)CC(O)C(O)CC(C)CCC=C(C)C.CC(C)=CCCC(C)CC=O.CC1CCC(C(C)C)C(=O)C1.CC1CCC(C(C)C)C(O)(C2(O)CC(C)CCC2C(C)C)C1.COc1ccc(C(O)C(O)c2ccc(OC)cc2)cc1.COc1ccc(C=O)cc1. The number of aldehydes is 2. The Morgan fingerprint density at radius 1 is 0.479 bits per heavy atom. The summed E-state index contributed by atoms with van der Waals surface area (Å²) in [5.41, 5.74) is 4.16. The summed E-state index contributed by atoms with van der Waals surface area (Å²) in [6.45, 7) is 38.9. The highest BCUT2D eigenvalue weighted by Crippen LogP contribution is 2.55. The van der Waals surface area contributed by atoms with Crippen LogP contribution in [0.5, 0.6) is 17.2 Å². The highest BCUT2D eigenvalue weighted by molar-refractivity contribution is 5.82. The van der Waals surface area contributed by atoms with Gasteiger partial charge in [0.1, 0.15) is 47.8 Å². The first kappa shape index (κ1) is 89.1. The summed E-state index contributed by atoms with van der Waals surface area (Å²) in [6.07, 6.45) is 23.1. The molecule has 6 N–H and O–H groups in total. The Balaban J connectivity index is 0.000000592. The van der Waals surface area contributed by atoms with Crippen LogP contribution < -0.4 is 14.2 Å². The van der Waals surface area contributed by atoms with E-state index in [2.05, 4.69) is 143 Å². The maximum Gasteiger partial charge on any atom is 0.150 e. The fourth-order valence-corrected chi connectivity index (χ4v) is 13.9. The number of hydrogen-bond donors (Lipinski definition) is 6. The Morgan fingerprint density at radius 3 is 1.10 bits per heavy atom. The number of rotatable bonds is 27. The molecular formula is C84H138O12. The van der Waals surface area contributed by atoms with Gasteiger partial charge in [0.25, 0.3) is 0 Å².